The molecular weight excluding hydrogens is 387 g/mol. The van der Waals surface area contributed by atoms with Gasteiger partial charge in [-0.25, -0.2) is 5.43 Å². The number of nitrogens with two attached hydrogens (primary N) is 1. The third-order valence-electron chi connectivity index (χ3n) is 2.99. The molecule has 0 aliphatic rings. The zero-order valence-corrected chi connectivity index (χ0v) is 15.1. The third-order valence-corrected chi connectivity index (χ3v) is 4.16. The van der Waals surface area contributed by atoms with Crippen molar-refractivity contribution in [3.8, 4) is 5.75 Å². The SMILES string of the molecule is C=CCOc1ccccc1/C=N/NC(=O)c1[nH+]c(Cl)c(Cl)c(N)c1Cl. The van der Waals surface area contributed by atoms with Gasteiger partial charge in [-0.15, -0.1) is 0 Å². The summed E-state index contributed by atoms with van der Waals surface area (Å²) in [5.41, 5.74) is 8.65. The summed E-state index contributed by atoms with van der Waals surface area (Å²) in [7, 11) is 0. The Hall–Kier alpha value is -2.28. The summed E-state index contributed by atoms with van der Waals surface area (Å²) in [6.07, 6.45) is 3.06. The Morgan fingerprint density at radius 1 is 1.32 bits per heavy atom. The minimum atomic E-state index is -0.629. The molecule has 6 nitrogen and oxygen atoms in total. The van der Waals surface area contributed by atoms with Gasteiger partial charge in [0.05, 0.1) is 11.9 Å². The maximum atomic E-state index is 12.2. The summed E-state index contributed by atoms with van der Waals surface area (Å²) in [5, 5.41) is 3.88. The molecule has 1 aromatic carbocycles. The first-order chi connectivity index (χ1) is 12.0. The van der Waals surface area contributed by atoms with Gasteiger partial charge < -0.3 is 10.5 Å². The molecule has 0 spiro atoms. The fraction of sp³-hybridized carbons (Fsp3) is 0.0625. The molecular formula is C16H14Cl3N4O2+. The molecule has 130 valence electrons. The zero-order valence-electron chi connectivity index (χ0n) is 12.9. The van der Waals surface area contributed by atoms with Crippen LogP contribution >= 0.6 is 34.8 Å². The average molecular weight is 401 g/mol. The van der Waals surface area contributed by atoms with Gasteiger partial charge in [0.15, 0.2) is 0 Å². The van der Waals surface area contributed by atoms with Crippen LogP contribution in [0.1, 0.15) is 16.1 Å². The van der Waals surface area contributed by atoms with Crippen molar-refractivity contribution in [3.05, 3.63) is 63.4 Å². The fourth-order valence-corrected chi connectivity index (χ4v) is 2.42. The standard InChI is InChI=1S/C16H13Cl3N4O2/c1-2-7-25-10-6-4-3-5-9(10)8-21-23-16(24)14-11(17)13(20)12(18)15(19)22-14/h2-6,8H,1,7H2,(H2,20,22)(H,23,24)/p+1/b21-8+. The number of halogens is 3. The van der Waals surface area contributed by atoms with E-state index in [1.54, 1.807) is 18.2 Å². The van der Waals surface area contributed by atoms with Gasteiger partial charge in [-0.05, 0) is 23.7 Å². The smallest absolute Gasteiger partial charge is 0.337 e. The molecule has 4 N–H and O–H groups in total. The van der Waals surface area contributed by atoms with Gasteiger partial charge in [-0.3, -0.25) is 4.79 Å². The number of hydrogen-bond acceptors (Lipinski definition) is 4. The summed E-state index contributed by atoms with van der Waals surface area (Å²) in [6, 6.07) is 7.19. The Morgan fingerprint density at radius 3 is 2.76 bits per heavy atom. The number of nitrogen functional groups attached to an aromatic ring is 1. The molecule has 0 bridgehead atoms. The van der Waals surface area contributed by atoms with Crippen molar-refractivity contribution in [2.75, 3.05) is 12.3 Å². The lowest BCUT2D eigenvalue weighted by molar-refractivity contribution is -0.379. The molecule has 0 aliphatic heterocycles. The lowest BCUT2D eigenvalue weighted by Crippen LogP contribution is -2.28. The molecule has 0 saturated heterocycles. The molecule has 1 heterocycles. The molecule has 1 amide bonds. The van der Waals surface area contributed by atoms with E-state index in [1.165, 1.54) is 6.21 Å². The molecule has 0 saturated carbocycles. The fourth-order valence-electron chi connectivity index (χ4n) is 1.81. The lowest BCUT2D eigenvalue weighted by Gasteiger charge is -2.06. The Morgan fingerprint density at radius 2 is 2.04 bits per heavy atom. The Balaban J connectivity index is 2.16. The molecule has 0 fully saturated rings. The average Bonchev–Trinajstić information content (AvgIpc) is 2.62. The van der Waals surface area contributed by atoms with Crippen LogP contribution in [0.25, 0.3) is 0 Å². The Labute approximate surface area is 159 Å². The highest BCUT2D eigenvalue weighted by Crippen LogP contribution is 2.31. The number of carbonyl (C=O) groups excluding carboxylic acids is 1. The number of anilines is 1. The van der Waals surface area contributed by atoms with E-state index in [4.69, 9.17) is 45.3 Å². The van der Waals surface area contributed by atoms with Gasteiger partial charge in [-0.1, -0.05) is 48.0 Å². The first-order valence-corrected chi connectivity index (χ1v) is 8.10. The number of carbonyl (C=O) groups is 1. The quantitative estimate of drug-likeness (QED) is 0.337. The van der Waals surface area contributed by atoms with Crippen molar-refractivity contribution < 1.29 is 14.5 Å². The number of aromatic amines is 1. The van der Waals surface area contributed by atoms with Gasteiger partial charge >= 0.3 is 5.91 Å². The van der Waals surface area contributed by atoms with Crippen molar-refractivity contribution in [1.82, 2.24) is 5.43 Å². The second-order valence-electron chi connectivity index (χ2n) is 4.69. The van der Waals surface area contributed by atoms with Gasteiger partial charge in [0.1, 0.15) is 22.4 Å². The maximum absolute atomic E-state index is 12.2. The van der Waals surface area contributed by atoms with Crippen LogP contribution in [0.3, 0.4) is 0 Å². The van der Waals surface area contributed by atoms with E-state index in [9.17, 15) is 4.79 Å². The van der Waals surface area contributed by atoms with Crippen molar-refractivity contribution >= 4 is 52.6 Å². The van der Waals surface area contributed by atoms with Crippen molar-refractivity contribution in [2.24, 2.45) is 5.10 Å². The molecule has 0 unspecified atom stereocenters. The van der Waals surface area contributed by atoms with E-state index >= 15 is 0 Å². The molecule has 9 heteroatoms. The van der Waals surface area contributed by atoms with Crippen LogP contribution in [0.4, 0.5) is 5.69 Å². The Kier molecular flexibility index (Phi) is 6.64. The normalized spacial score (nSPS) is 10.7. The maximum Gasteiger partial charge on any atom is 0.337 e. The number of rotatable bonds is 6. The van der Waals surface area contributed by atoms with E-state index in [2.05, 4.69) is 22.1 Å². The van der Waals surface area contributed by atoms with Crippen LogP contribution in [0.2, 0.25) is 15.2 Å². The Bertz CT molecular complexity index is 840. The molecule has 1 aromatic heterocycles. The van der Waals surface area contributed by atoms with Crippen LogP contribution in [-0.2, 0) is 0 Å². The van der Waals surface area contributed by atoms with Gasteiger partial charge in [0.25, 0.3) is 10.8 Å². The molecule has 0 aliphatic carbocycles. The first-order valence-electron chi connectivity index (χ1n) is 6.97. The minimum absolute atomic E-state index is 0.000803. The summed E-state index contributed by atoms with van der Waals surface area (Å²) in [5.74, 6) is -0.0280. The predicted molar refractivity (Wildman–Crippen MR) is 99.6 cm³/mol. The third kappa shape index (κ3) is 4.63. The monoisotopic (exact) mass is 399 g/mol. The number of para-hydroxylation sites is 1. The second-order valence-corrected chi connectivity index (χ2v) is 5.83. The van der Waals surface area contributed by atoms with Crippen molar-refractivity contribution in [2.45, 2.75) is 0 Å². The number of ether oxygens (including phenoxy) is 1. The van der Waals surface area contributed by atoms with Crippen LogP contribution in [0.15, 0.2) is 42.0 Å². The first kappa shape index (κ1) is 19.1. The lowest BCUT2D eigenvalue weighted by atomic mass is 10.2. The number of amides is 1. The van der Waals surface area contributed by atoms with E-state index in [-0.39, 0.29) is 26.6 Å². The van der Waals surface area contributed by atoms with Crippen LogP contribution in [0.5, 0.6) is 5.75 Å². The highest BCUT2D eigenvalue weighted by Gasteiger charge is 2.25. The number of hydrogen-bond donors (Lipinski definition) is 2. The number of benzene rings is 1. The summed E-state index contributed by atoms with van der Waals surface area (Å²) >= 11 is 17.7. The van der Waals surface area contributed by atoms with Gasteiger partial charge in [-0.2, -0.15) is 10.1 Å². The summed E-state index contributed by atoms with van der Waals surface area (Å²) in [4.78, 5) is 14.8. The van der Waals surface area contributed by atoms with Crippen LogP contribution in [-0.4, -0.2) is 18.7 Å². The minimum Gasteiger partial charge on any atom is -0.489 e. The van der Waals surface area contributed by atoms with Crippen molar-refractivity contribution in [1.29, 1.82) is 0 Å². The molecule has 0 radical (unpaired) electrons. The zero-order chi connectivity index (χ0) is 18.4. The molecule has 2 rings (SSSR count). The van der Waals surface area contributed by atoms with Crippen LogP contribution < -0.4 is 20.9 Å². The predicted octanol–water partition coefficient (Wildman–Crippen LogP) is 3.37. The number of H-pyrrole nitrogens is 1. The highest BCUT2D eigenvalue weighted by molar-refractivity contribution is 6.45. The number of aromatic nitrogens is 1. The van der Waals surface area contributed by atoms with Gasteiger partial charge in [0, 0.05) is 5.56 Å². The van der Waals surface area contributed by atoms with E-state index in [1.807, 2.05) is 12.1 Å². The van der Waals surface area contributed by atoms with Crippen LogP contribution in [0, 0.1) is 0 Å². The summed E-state index contributed by atoms with van der Waals surface area (Å²) < 4.78 is 5.49. The van der Waals surface area contributed by atoms with E-state index in [0.717, 1.165) is 0 Å². The number of pyridine rings is 1. The second kappa shape index (κ2) is 8.71. The molecule has 25 heavy (non-hydrogen) atoms. The number of nitrogens with zero attached hydrogens (tertiary/aromatic N) is 1. The number of hydrazone groups is 1. The van der Waals surface area contributed by atoms with Gasteiger partial charge in [0.2, 0.25) is 0 Å². The molecule has 2 aromatic rings. The molecule has 0 atom stereocenters. The number of nitrogens with one attached hydrogen (secondary N) is 2. The van der Waals surface area contributed by atoms with E-state index < -0.39 is 5.91 Å². The largest absolute Gasteiger partial charge is 0.489 e. The highest BCUT2D eigenvalue weighted by atomic mass is 35.5. The van der Waals surface area contributed by atoms with Crippen molar-refractivity contribution in [3.63, 3.8) is 0 Å². The topological polar surface area (TPSA) is 90.8 Å². The summed E-state index contributed by atoms with van der Waals surface area (Å²) in [6.45, 7) is 3.94. The van der Waals surface area contributed by atoms with E-state index in [0.29, 0.717) is 17.9 Å².